The van der Waals surface area contributed by atoms with Crippen molar-refractivity contribution in [3.63, 3.8) is 0 Å². The summed E-state index contributed by atoms with van der Waals surface area (Å²) in [4.78, 5) is 32.9. The van der Waals surface area contributed by atoms with E-state index < -0.39 is 18.6 Å². The number of hydrogen-bond donors (Lipinski definition) is 1. The van der Waals surface area contributed by atoms with E-state index in [-0.39, 0.29) is 35.3 Å². The van der Waals surface area contributed by atoms with Gasteiger partial charge in [-0.3, -0.25) is 4.79 Å². The number of hydrogen-bond acceptors (Lipinski definition) is 5. The number of likely N-dealkylation sites (tertiary alicyclic amines) is 2. The molecule has 2 aliphatic rings. The van der Waals surface area contributed by atoms with Gasteiger partial charge in [-0.2, -0.15) is 0 Å². The number of fused-ring (bicyclic) bond motifs is 2. The van der Waals surface area contributed by atoms with Crippen LogP contribution in [0.25, 0.3) is 0 Å². The van der Waals surface area contributed by atoms with Gasteiger partial charge >= 0.3 is 6.09 Å². The molecule has 9 heteroatoms. The number of alkyl halides is 2. The molecule has 0 aromatic carbocycles. The lowest BCUT2D eigenvalue weighted by Gasteiger charge is -2.33. The van der Waals surface area contributed by atoms with Crippen LogP contribution >= 0.6 is 0 Å². The van der Waals surface area contributed by atoms with Crippen LogP contribution in [-0.2, 0) is 4.74 Å². The van der Waals surface area contributed by atoms with Gasteiger partial charge in [0.05, 0.1) is 18.2 Å². The lowest BCUT2D eigenvalue weighted by atomic mass is 9.99. The molecule has 3 rings (SSSR count). The first kappa shape index (κ1) is 20.3. The van der Waals surface area contributed by atoms with Crippen LogP contribution in [0, 0.1) is 5.92 Å². The van der Waals surface area contributed by atoms with Crippen LogP contribution in [-0.4, -0.2) is 71.0 Å². The molecule has 3 heterocycles. The van der Waals surface area contributed by atoms with Crippen molar-refractivity contribution in [3.8, 4) is 0 Å². The highest BCUT2D eigenvalue weighted by atomic mass is 19.3. The predicted octanol–water partition coefficient (Wildman–Crippen LogP) is 2.84. The summed E-state index contributed by atoms with van der Waals surface area (Å²) < 4.78 is 30.5. The molecule has 1 aromatic heterocycles. The summed E-state index contributed by atoms with van der Waals surface area (Å²) in [6.07, 6.45) is -0.630. The third-order valence-corrected chi connectivity index (χ3v) is 4.79. The quantitative estimate of drug-likeness (QED) is 0.847. The predicted molar refractivity (Wildman–Crippen MR) is 99.5 cm³/mol. The zero-order chi connectivity index (χ0) is 20.5. The van der Waals surface area contributed by atoms with Crippen LogP contribution in [0.5, 0.6) is 0 Å². The number of carbonyl (C=O) groups excluding carboxylic acids is 2. The molecule has 2 fully saturated rings. The second kappa shape index (κ2) is 7.89. The van der Waals surface area contributed by atoms with Gasteiger partial charge in [0.2, 0.25) is 0 Å². The number of halogens is 2. The lowest BCUT2D eigenvalue weighted by Crippen LogP contribution is -2.47. The Morgan fingerprint density at radius 1 is 1.32 bits per heavy atom. The van der Waals surface area contributed by atoms with E-state index in [2.05, 4.69) is 10.3 Å². The number of nitrogens with one attached hydrogen (secondary N) is 1. The molecule has 2 bridgehead atoms. The van der Waals surface area contributed by atoms with E-state index in [1.807, 2.05) is 20.8 Å². The molecule has 2 unspecified atom stereocenters. The number of pyridine rings is 1. The summed E-state index contributed by atoms with van der Waals surface area (Å²) in [5.74, 6) is 0.0460. The number of amides is 2. The van der Waals surface area contributed by atoms with Crippen molar-refractivity contribution in [1.82, 2.24) is 14.8 Å². The second-order valence-corrected chi connectivity index (χ2v) is 8.27. The van der Waals surface area contributed by atoms with Crippen LogP contribution in [0.3, 0.4) is 0 Å². The fourth-order valence-electron chi connectivity index (χ4n) is 3.73. The number of piperidine rings is 1. The lowest BCUT2D eigenvalue weighted by molar-refractivity contribution is 0.0207. The second-order valence-electron chi connectivity index (χ2n) is 8.27. The van der Waals surface area contributed by atoms with Crippen LogP contribution in [0.4, 0.5) is 19.4 Å². The van der Waals surface area contributed by atoms with Crippen LogP contribution in [0.2, 0.25) is 0 Å². The molecule has 0 radical (unpaired) electrons. The van der Waals surface area contributed by atoms with Gasteiger partial charge in [0.25, 0.3) is 12.3 Å². The molecular formula is C19H26F2N4O3. The van der Waals surface area contributed by atoms with Crippen molar-refractivity contribution >= 4 is 17.8 Å². The van der Waals surface area contributed by atoms with Gasteiger partial charge in [-0.05, 0) is 45.2 Å². The third-order valence-electron chi connectivity index (χ3n) is 4.79. The first-order valence-corrected chi connectivity index (χ1v) is 9.40. The maximum Gasteiger partial charge on any atom is 0.410 e. The molecule has 0 spiro atoms. The van der Waals surface area contributed by atoms with Gasteiger partial charge in [0, 0.05) is 25.8 Å². The van der Waals surface area contributed by atoms with Gasteiger partial charge < -0.3 is 19.9 Å². The number of anilines is 1. The molecule has 0 saturated carbocycles. The normalized spacial score (nSPS) is 21.8. The Labute approximate surface area is 163 Å². The summed E-state index contributed by atoms with van der Waals surface area (Å²) in [6, 6.07) is 3.07. The van der Waals surface area contributed by atoms with Crippen molar-refractivity contribution in [3.05, 3.63) is 23.9 Å². The third kappa shape index (κ3) is 4.69. The Hall–Kier alpha value is -2.45. The maximum absolute atomic E-state index is 13.0. The Bertz CT molecular complexity index is 738. The van der Waals surface area contributed by atoms with Crippen molar-refractivity contribution in [1.29, 1.82) is 0 Å². The fraction of sp³-hybridized carbons (Fsp3) is 0.632. The molecule has 2 atom stereocenters. The zero-order valence-corrected chi connectivity index (χ0v) is 16.3. The summed E-state index contributed by atoms with van der Waals surface area (Å²) in [5, 5.41) is 2.53. The highest BCUT2D eigenvalue weighted by Crippen LogP contribution is 2.32. The van der Waals surface area contributed by atoms with Crippen LogP contribution < -0.4 is 5.32 Å². The largest absolute Gasteiger partial charge is 0.444 e. The number of ether oxygens (including phenoxy) is 1. The highest BCUT2D eigenvalue weighted by Gasteiger charge is 2.43. The van der Waals surface area contributed by atoms with E-state index in [1.54, 1.807) is 21.9 Å². The Kier molecular flexibility index (Phi) is 5.71. The molecule has 1 aromatic rings. The Morgan fingerprint density at radius 3 is 2.75 bits per heavy atom. The van der Waals surface area contributed by atoms with E-state index >= 15 is 0 Å². The molecular weight excluding hydrogens is 370 g/mol. The average Bonchev–Trinajstić information content (AvgIpc) is 2.92. The van der Waals surface area contributed by atoms with Gasteiger partial charge in [0.1, 0.15) is 11.4 Å². The molecule has 2 aliphatic heterocycles. The average molecular weight is 396 g/mol. The molecule has 1 N–H and O–H groups in total. The van der Waals surface area contributed by atoms with Crippen LogP contribution in [0.1, 0.15) is 37.6 Å². The van der Waals surface area contributed by atoms with Crippen molar-refractivity contribution in [2.45, 2.75) is 45.3 Å². The van der Waals surface area contributed by atoms with Crippen LogP contribution in [0.15, 0.2) is 18.3 Å². The number of aromatic nitrogens is 1. The molecule has 28 heavy (non-hydrogen) atoms. The maximum atomic E-state index is 13.0. The van der Waals surface area contributed by atoms with E-state index in [0.29, 0.717) is 19.6 Å². The molecule has 154 valence electrons. The van der Waals surface area contributed by atoms with Crippen molar-refractivity contribution < 1.29 is 23.1 Å². The van der Waals surface area contributed by atoms with Crippen molar-refractivity contribution in [2.75, 3.05) is 31.5 Å². The van der Waals surface area contributed by atoms with E-state index in [0.717, 1.165) is 6.42 Å². The van der Waals surface area contributed by atoms with E-state index in [1.165, 1.54) is 6.20 Å². The molecule has 7 nitrogen and oxygen atoms in total. The minimum absolute atomic E-state index is 0.105. The fourth-order valence-corrected chi connectivity index (χ4v) is 3.73. The first-order chi connectivity index (χ1) is 13.1. The Balaban J connectivity index is 1.70. The van der Waals surface area contributed by atoms with E-state index in [9.17, 15) is 18.4 Å². The minimum atomic E-state index is -2.54. The summed E-state index contributed by atoms with van der Waals surface area (Å²) in [6.45, 7) is 6.33. The number of rotatable bonds is 4. The smallest absolute Gasteiger partial charge is 0.410 e. The monoisotopic (exact) mass is 396 g/mol. The SMILES string of the molecule is CC(C)(C)OC(=O)N1CC2CC1CN(C(=O)c1cccnc1NCC(F)F)C2. The first-order valence-electron chi connectivity index (χ1n) is 9.40. The van der Waals surface area contributed by atoms with Gasteiger partial charge in [-0.15, -0.1) is 0 Å². The van der Waals surface area contributed by atoms with E-state index in [4.69, 9.17) is 4.74 Å². The Morgan fingerprint density at radius 2 is 2.07 bits per heavy atom. The molecule has 2 saturated heterocycles. The number of carbonyl (C=O) groups is 2. The zero-order valence-electron chi connectivity index (χ0n) is 16.3. The molecule has 2 amide bonds. The van der Waals surface area contributed by atoms with Gasteiger partial charge in [-0.1, -0.05) is 0 Å². The highest BCUT2D eigenvalue weighted by molar-refractivity contribution is 5.98. The summed E-state index contributed by atoms with van der Waals surface area (Å²) in [5.41, 5.74) is -0.321. The number of nitrogens with zero attached hydrogens (tertiary/aromatic N) is 3. The standard InChI is InChI=1S/C19H26F2N4O3/c1-19(2,3)28-18(27)25-10-12-7-13(25)11-24(9-12)17(26)14-5-4-6-22-16(14)23-8-15(20)21/h4-6,12-13,15H,7-11H2,1-3H3,(H,22,23). The summed E-state index contributed by atoms with van der Waals surface area (Å²) >= 11 is 0. The minimum Gasteiger partial charge on any atom is -0.444 e. The summed E-state index contributed by atoms with van der Waals surface area (Å²) in [7, 11) is 0. The topological polar surface area (TPSA) is 74.8 Å². The van der Waals surface area contributed by atoms with Gasteiger partial charge in [-0.25, -0.2) is 18.6 Å². The molecule has 0 aliphatic carbocycles. The van der Waals surface area contributed by atoms with Crippen molar-refractivity contribution in [2.24, 2.45) is 5.92 Å². The van der Waals surface area contributed by atoms with Gasteiger partial charge in [0.15, 0.2) is 0 Å².